The number of morpholine rings is 1. The minimum absolute atomic E-state index is 0.128. The monoisotopic (exact) mass is 356 g/mol. The van der Waals surface area contributed by atoms with Gasteiger partial charge in [-0.2, -0.15) is 4.98 Å². The van der Waals surface area contributed by atoms with Crippen molar-refractivity contribution in [1.29, 1.82) is 0 Å². The molecule has 26 heavy (non-hydrogen) atoms. The molecule has 4 rings (SSSR count). The van der Waals surface area contributed by atoms with Crippen LogP contribution in [0.15, 0.2) is 34.9 Å². The first kappa shape index (κ1) is 16.4. The number of H-pyrrole nitrogens is 1. The summed E-state index contributed by atoms with van der Waals surface area (Å²) in [5.74, 6) is 0.310. The molecule has 1 saturated heterocycles. The molecule has 1 aliphatic rings. The summed E-state index contributed by atoms with van der Waals surface area (Å²) in [5.41, 5.74) is 2.20. The molecule has 0 saturated carbocycles. The Kier molecular flexibility index (Phi) is 4.42. The highest BCUT2D eigenvalue weighted by atomic mass is 16.6. The van der Waals surface area contributed by atoms with Crippen molar-refractivity contribution in [2.45, 2.75) is 6.54 Å². The van der Waals surface area contributed by atoms with Gasteiger partial charge >= 0.3 is 5.82 Å². The number of hydrogen-bond donors (Lipinski definition) is 1. The molecular weight excluding hydrogens is 340 g/mol. The van der Waals surface area contributed by atoms with E-state index in [0.29, 0.717) is 5.82 Å². The first-order valence-electron chi connectivity index (χ1n) is 8.12. The number of nitrogens with zero attached hydrogens (tertiary/aromatic N) is 5. The van der Waals surface area contributed by atoms with Crippen LogP contribution in [0.3, 0.4) is 0 Å². The van der Waals surface area contributed by atoms with Gasteiger partial charge in [-0.25, -0.2) is 0 Å². The van der Waals surface area contributed by atoms with Gasteiger partial charge in [-0.05, 0) is 16.6 Å². The third kappa shape index (κ3) is 3.46. The Morgan fingerprint density at radius 1 is 1.27 bits per heavy atom. The van der Waals surface area contributed by atoms with Crippen LogP contribution in [0, 0.1) is 10.1 Å². The predicted octanol–water partition coefficient (Wildman–Crippen LogP) is 1.87. The lowest BCUT2D eigenvalue weighted by Gasteiger charge is -2.26. The molecule has 10 heteroatoms. The van der Waals surface area contributed by atoms with Gasteiger partial charge in [0.1, 0.15) is 0 Å². The number of benzene rings is 1. The largest absolute Gasteiger partial charge is 0.379 e. The van der Waals surface area contributed by atoms with E-state index >= 15 is 0 Å². The van der Waals surface area contributed by atoms with Gasteiger partial charge in [0.15, 0.2) is 5.69 Å². The summed E-state index contributed by atoms with van der Waals surface area (Å²) in [4.78, 5) is 16.8. The van der Waals surface area contributed by atoms with Crippen molar-refractivity contribution >= 4 is 5.82 Å². The molecule has 1 aliphatic heterocycles. The fourth-order valence-corrected chi connectivity index (χ4v) is 2.79. The summed E-state index contributed by atoms with van der Waals surface area (Å²) in [6.07, 6.45) is 0. The molecule has 2 aromatic heterocycles. The van der Waals surface area contributed by atoms with Crippen LogP contribution in [-0.4, -0.2) is 56.5 Å². The molecule has 3 heterocycles. The predicted molar refractivity (Wildman–Crippen MR) is 90.1 cm³/mol. The van der Waals surface area contributed by atoms with Gasteiger partial charge in [-0.3, -0.25) is 4.90 Å². The fraction of sp³-hybridized carbons (Fsp3) is 0.312. The number of hydrogen-bond acceptors (Lipinski definition) is 8. The second-order valence-corrected chi connectivity index (χ2v) is 5.91. The molecule has 134 valence electrons. The molecule has 0 atom stereocenters. The van der Waals surface area contributed by atoms with E-state index in [1.807, 2.05) is 18.2 Å². The van der Waals surface area contributed by atoms with E-state index in [-0.39, 0.29) is 17.4 Å². The SMILES string of the molecule is O=[N+]([O-])c1cc(-c2nc(-c3cccc(CN4CCOCC4)c3)no2)n[nH]1. The minimum Gasteiger partial charge on any atom is -0.379 e. The quantitative estimate of drug-likeness (QED) is 0.543. The molecule has 1 N–H and O–H groups in total. The first-order chi connectivity index (χ1) is 12.7. The zero-order chi connectivity index (χ0) is 17.9. The van der Waals surface area contributed by atoms with Crippen LogP contribution in [0.4, 0.5) is 5.82 Å². The van der Waals surface area contributed by atoms with E-state index in [0.717, 1.165) is 44.0 Å². The molecule has 0 bridgehead atoms. The Hall–Kier alpha value is -3.11. The van der Waals surface area contributed by atoms with Gasteiger partial charge in [0.2, 0.25) is 5.82 Å². The van der Waals surface area contributed by atoms with Gasteiger partial charge in [0.25, 0.3) is 5.89 Å². The summed E-state index contributed by atoms with van der Waals surface area (Å²) < 4.78 is 10.6. The molecular formula is C16H16N6O4. The van der Waals surface area contributed by atoms with E-state index < -0.39 is 4.92 Å². The second-order valence-electron chi connectivity index (χ2n) is 5.91. The number of nitrogens with one attached hydrogen (secondary N) is 1. The molecule has 0 amide bonds. The average Bonchev–Trinajstić information content (AvgIpc) is 3.32. The highest BCUT2D eigenvalue weighted by Gasteiger charge is 2.18. The zero-order valence-electron chi connectivity index (χ0n) is 13.8. The molecule has 10 nitrogen and oxygen atoms in total. The standard InChI is InChI=1S/C16H16N6O4/c23-22(24)14-9-13(18-19-14)16-17-15(20-26-16)12-3-1-2-11(8-12)10-21-4-6-25-7-5-21/h1-3,8-9H,4-7,10H2,(H,18,19). The van der Waals surface area contributed by atoms with E-state index in [9.17, 15) is 10.1 Å². The first-order valence-corrected chi connectivity index (χ1v) is 8.12. The van der Waals surface area contributed by atoms with Gasteiger partial charge in [0, 0.05) is 25.2 Å². The van der Waals surface area contributed by atoms with Gasteiger partial charge in [-0.15, -0.1) is 5.10 Å². The van der Waals surface area contributed by atoms with Crippen LogP contribution < -0.4 is 0 Å². The summed E-state index contributed by atoms with van der Waals surface area (Å²) >= 11 is 0. The summed E-state index contributed by atoms with van der Waals surface area (Å²) in [6, 6.07) is 9.16. The van der Waals surface area contributed by atoms with Crippen molar-refractivity contribution < 1.29 is 14.2 Å². The highest BCUT2D eigenvalue weighted by Crippen LogP contribution is 2.24. The average molecular weight is 356 g/mol. The Balaban J connectivity index is 1.53. The van der Waals surface area contributed by atoms with E-state index in [2.05, 4.69) is 31.3 Å². The zero-order valence-corrected chi connectivity index (χ0v) is 13.8. The van der Waals surface area contributed by atoms with E-state index in [4.69, 9.17) is 9.26 Å². The molecule has 0 aliphatic carbocycles. The number of nitro groups is 1. The molecule has 0 spiro atoms. The van der Waals surface area contributed by atoms with Crippen LogP contribution in [0.2, 0.25) is 0 Å². The van der Waals surface area contributed by atoms with Crippen molar-refractivity contribution in [3.05, 3.63) is 46.0 Å². The van der Waals surface area contributed by atoms with Crippen molar-refractivity contribution in [2.24, 2.45) is 0 Å². The van der Waals surface area contributed by atoms with Crippen LogP contribution in [0.25, 0.3) is 23.0 Å². The van der Waals surface area contributed by atoms with E-state index in [1.54, 1.807) is 0 Å². The molecule has 1 aromatic carbocycles. The Morgan fingerprint density at radius 3 is 2.88 bits per heavy atom. The van der Waals surface area contributed by atoms with Gasteiger partial charge in [0.05, 0.1) is 19.3 Å². The number of aromatic nitrogens is 4. The van der Waals surface area contributed by atoms with Crippen LogP contribution in [-0.2, 0) is 11.3 Å². The van der Waals surface area contributed by atoms with Crippen molar-refractivity contribution in [3.8, 4) is 23.0 Å². The highest BCUT2D eigenvalue weighted by molar-refractivity contribution is 5.59. The lowest BCUT2D eigenvalue weighted by atomic mass is 10.1. The van der Waals surface area contributed by atoms with Crippen LogP contribution >= 0.6 is 0 Å². The van der Waals surface area contributed by atoms with Crippen molar-refractivity contribution in [3.63, 3.8) is 0 Å². The number of ether oxygens (including phenoxy) is 1. The van der Waals surface area contributed by atoms with Crippen LogP contribution in [0.5, 0.6) is 0 Å². The normalized spacial score (nSPS) is 15.2. The van der Waals surface area contributed by atoms with Crippen molar-refractivity contribution in [1.82, 2.24) is 25.2 Å². The number of aromatic amines is 1. The maximum atomic E-state index is 10.7. The maximum absolute atomic E-state index is 10.7. The Morgan fingerprint density at radius 2 is 2.12 bits per heavy atom. The lowest BCUT2D eigenvalue weighted by molar-refractivity contribution is -0.389. The topological polar surface area (TPSA) is 123 Å². The Labute approximate surface area is 147 Å². The third-order valence-corrected chi connectivity index (χ3v) is 4.10. The molecule has 0 radical (unpaired) electrons. The van der Waals surface area contributed by atoms with Gasteiger partial charge < -0.3 is 19.4 Å². The molecule has 3 aromatic rings. The van der Waals surface area contributed by atoms with E-state index in [1.165, 1.54) is 6.07 Å². The number of rotatable bonds is 5. The summed E-state index contributed by atoms with van der Waals surface area (Å²) in [7, 11) is 0. The second kappa shape index (κ2) is 7.02. The maximum Gasteiger partial charge on any atom is 0.343 e. The van der Waals surface area contributed by atoms with Crippen molar-refractivity contribution in [2.75, 3.05) is 26.3 Å². The fourth-order valence-electron chi connectivity index (χ4n) is 2.79. The summed E-state index contributed by atoms with van der Waals surface area (Å²) in [5, 5.41) is 20.8. The third-order valence-electron chi connectivity index (χ3n) is 4.10. The minimum atomic E-state index is -0.567. The lowest BCUT2D eigenvalue weighted by Crippen LogP contribution is -2.35. The molecule has 1 fully saturated rings. The Bertz CT molecular complexity index is 915. The van der Waals surface area contributed by atoms with Gasteiger partial charge in [-0.1, -0.05) is 28.5 Å². The smallest absolute Gasteiger partial charge is 0.343 e. The summed E-state index contributed by atoms with van der Waals surface area (Å²) in [6.45, 7) is 4.16. The molecule has 0 unspecified atom stereocenters. The van der Waals surface area contributed by atoms with Crippen LogP contribution in [0.1, 0.15) is 5.56 Å².